The summed E-state index contributed by atoms with van der Waals surface area (Å²) >= 11 is 0. The molecule has 0 radical (unpaired) electrons. The number of hydrogen-bond donors (Lipinski definition) is 3. The molecule has 6 nitrogen and oxygen atoms in total. The van der Waals surface area contributed by atoms with Crippen LogP contribution in [0.15, 0.2) is 97.2 Å². The highest BCUT2D eigenvalue weighted by Crippen LogP contribution is 2.14. The molecule has 0 aromatic rings. The second kappa shape index (κ2) is 42.9. The summed E-state index contributed by atoms with van der Waals surface area (Å²) in [5, 5.41) is 23.5. The largest absolute Gasteiger partial charge is 0.458 e. The monoisotopic (exact) mass is 778 g/mol. The molecule has 0 aliphatic rings. The number of aliphatic hydroxyl groups is 2. The van der Waals surface area contributed by atoms with Crippen LogP contribution in [0.25, 0.3) is 0 Å². The van der Waals surface area contributed by atoms with Crippen LogP contribution < -0.4 is 5.32 Å². The molecular weight excluding hydrogens is 695 g/mol. The van der Waals surface area contributed by atoms with Gasteiger partial charge >= 0.3 is 5.97 Å². The Bertz CT molecular complexity index is 1140. The molecule has 318 valence electrons. The van der Waals surface area contributed by atoms with Crippen molar-refractivity contribution in [2.45, 2.75) is 200 Å². The van der Waals surface area contributed by atoms with Gasteiger partial charge in [0.05, 0.1) is 25.2 Å². The van der Waals surface area contributed by atoms with E-state index in [-0.39, 0.29) is 24.9 Å². The van der Waals surface area contributed by atoms with Gasteiger partial charge in [-0.15, -0.1) is 0 Å². The first-order valence-electron chi connectivity index (χ1n) is 22.6. The number of allylic oxidation sites excluding steroid dienone is 15. The number of carbonyl (C=O) groups is 2. The molecule has 1 amide bonds. The van der Waals surface area contributed by atoms with E-state index in [9.17, 15) is 19.8 Å². The minimum Gasteiger partial charge on any atom is -0.458 e. The van der Waals surface area contributed by atoms with Crippen molar-refractivity contribution in [3.8, 4) is 0 Å². The van der Waals surface area contributed by atoms with Crippen molar-refractivity contribution in [1.82, 2.24) is 5.32 Å². The highest BCUT2D eigenvalue weighted by molar-refractivity contribution is 5.78. The van der Waals surface area contributed by atoms with Gasteiger partial charge in [0.15, 0.2) is 0 Å². The summed E-state index contributed by atoms with van der Waals surface area (Å²) in [6.07, 6.45) is 56.4. The number of hydrogen-bond acceptors (Lipinski definition) is 5. The molecule has 56 heavy (non-hydrogen) atoms. The van der Waals surface area contributed by atoms with Crippen molar-refractivity contribution in [1.29, 1.82) is 0 Å². The lowest BCUT2D eigenvalue weighted by Gasteiger charge is -2.23. The van der Waals surface area contributed by atoms with Crippen LogP contribution in [0.2, 0.25) is 0 Å². The molecule has 0 aliphatic heterocycles. The van der Waals surface area contributed by atoms with Crippen molar-refractivity contribution in [3.63, 3.8) is 0 Å². The zero-order valence-corrected chi connectivity index (χ0v) is 36.0. The maximum Gasteiger partial charge on any atom is 0.306 e. The predicted octanol–water partition coefficient (Wildman–Crippen LogP) is 13.0. The summed E-state index contributed by atoms with van der Waals surface area (Å²) in [5.41, 5.74) is 0. The fourth-order valence-electron chi connectivity index (χ4n) is 6.13. The number of ether oxygens (including phenoxy) is 1. The van der Waals surface area contributed by atoms with Gasteiger partial charge in [0.25, 0.3) is 0 Å². The molecule has 0 aromatic carbocycles. The van der Waals surface area contributed by atoms with E-state index in [1.54, 1.807) is 6.08 Å². The molecule has 3 unspecified atom stereocenters. The normalized spacial score (nSPS) is 14.3. The second-order valence-corrected chi connectivity index (χ2v) is 14.9. The Morgan fingerprint density at radius 2 is 1.07 bits per heavy atom. The topological polar surface area (TPSA) is 95.9 Å². The summed E-state index contributed by atoms with van der Waals surface area (Å²) < 4.78 is 5.77. The molecular formula is C50H83NO5. The quantitative estimate of drug-likeness (QED) is 0.0251. The SMILES string of the molecule is CC\C=C/C=C/C=C/C=C\C=C\C=C\CCCCCC(=O)OC(/C=C/C/C=C\CCCCCCCC)CC(=O)NC(CO)C(O)CCCCCCCCCCC. The number of nitrogens with one attached hydrogen (secondary N) is 1. The number of esters is 1. The molecule has 3 atom stereocenters. The van der Waals surface area contributed by atoms with Crippen molar-refractivity contribution in [3.05, 3.63) is 97.2 Å². The Labute approximate surface area is 344 Å². The molecule has 0 saturated heterocycles. The number of rotatable bonds is 38. The van der Waals surface area contributed by atoms with E-state index in [2.05, 4.69) is 50.4 Å². The van der Waals surface area contributed by atoms with Gasteiger partial charge in [-0.1, -0.05) is 208 Å². The van der Waals surface area contributed by atoms with Gasteiger partial charge in [-0.25, -0.2) is 0 Å². The van der Waals surface area contributed by atoms with Gasteiger partial charge in [-0.3, -0.25) is 9.59 Å². The summed E-state index contributed by atoms with van der Waals surface area (Å²) in [6, 6.07) is -0.745. The van der Waals surface area contributed by atoms with Gasteiger partial charge in [0.2, 0.25) is 5.91 Å². The lowest BCUT2D eigenvalue weighted by molar-refractivity contribution is -0.148. The fraction of sp³-hybridized carbons (Fsp3) is 0.640. The average molecular weight is 778 g/mol. The second-order valence-electron chi connectivity index (χ2n) is 14.9. The van der Waals surface area contributed by atoms with Gasteiger partial charge in [-0.05, 0) is 57.4 Å². The van der Waals surface area contributed by atoms with E-state index in [1.165, 1.54) is 77.0 Å². The number of carbonyl (C=O) groups excluding carboxylic acids is 2. The summed E-state index contributed by atoms with van der Waals surface area (Å²) in [5.74, 6) is -0.668. The molecule has 0 bridgehead atoms. The molecule has 0 saturated carbocycles. The third kappa shape index (κ3) is 37.7. The third-order valence-corrected chi connectivity index (χ3v) is 9.55. The first-order chi connectivity index (χ1) is 27.5. The highest BCUT2D eigenvalue weighted by atomic mass is 16.5. The average Bonchev–Trinajstić information content (AvgIpc) is 3.19. The first kappa shape index (κ1) is 52.8. The van der Waals surface area contributed by atoms with Crippen LogP contribution in [-0.4, -0.2) is 46.9 Å². The van der Waals surface area contributed by atoms with E-state index in [0.29, 0.717) is 19.3 Å². The van der Waals surface area contributed by atoms with Crippen LogP contribution in [0, 0.1) is 0 Å². The van der Waals surface area contributed by atoms with Crippen LogP contribution >= 0.6 is 0 Å². The summed E-state index contributed by atoms with van der Waals surface area (Å²) in [6.45, 7) is 6.24. The van der Waals surface area contributed by atoms with Crippen LogP contribution in [0.4, 0.5) is 0 Å². The van der Waals surface area contributed by atoms with E-state index < -0.39 is 18.2 Å². The lowest BCUT2D eigenvalue weighted by Crippen LogP contribution is -2.46. The van der Waals surface area contributed by atoms with Gasteiger partial charge < -0.3 is 20.3 Å². The van der Waals surface area contributed by atoms with E-state index in [1.807, 2.05) is 66.8 Å². The molecule has 3 N–H and O–H groups in total. The third-order valence-electron chi connectivity index (χ3n) is 9.55. The Kier molecular flexibility index (Phi) is 40.4. The van der Waals surface area contributed by atoms with E-state index in [0.717, 1.165) is 57.8 Å². The Morgan fingerprint density at radius 1 is 0.571 bits per heavy atom. The summed E-state index contributed by atoms with van der Waals surface area (Å²) in [4.78, 5) is 25.9. The Hall–Kier alpha value is -3.22. The number of amides is 1. The Balaban J connectivity index is 4.79. The summed E-state index contributed by atoms with van der Waals surface area (Å²) in [7, 11) is 0. The van der Waals surface area contributed by atoms with Gasteiger partial charge in [0.1, 0.15) is 6.10 Å². The zero-order chi connectivity index (χ0) is 41.0. The van der Waals surface area contributed by atoms with Crippen molar-refractivity contribution >= 4 is 11.9 Å². The lowest BCUT2D eigenvalue weighted by atomic mass is 10.0. The van der Waals surface area contributed by atoms with E-state index in [4.69, 9.17) is 4.74 Å². The smallest absolute Gasteiger partial charge is 0.306 e. The first-order valence-corrected chi connectivity index (χ1v) is 22.6. The fourth-order valence-corrected chi connectivity index (χ4v) is 6.13. The number of aliphatic hydroxyl groups excluding tert-OH is 2. The molecule has 0 spiro atoms. The maximum absolute atomic E-state index is 13.1. The zero-order valence-electron chi connectivity index (χ0n) is 36.0. The van der Waals surface area contributed by atoms with Crippen LogP contribution in [0.3, 0.4) is 0 Å². The maximum atomic E-state index is 13.1. The van der Waals surface area contributed by atoms with Crippen molar-refractivity contribution in [2.75, 3.05) is 6.61 Å². The van der Waals surface area contributed by atoms with Crippen LogP contribution in [-0.2, 0) is 14.3 Å². The predicted molar refractivity (Wildman–Crippen MR) is 240 cm³/mol. The highest BCUT2D eigenvalue weighted by Gasteiger charge is 2.23. The molecule has 0 aromatic heterocycles. The van der Waals surface area contributed by atoms with Crippen LogP contribution in [0.1, 0.15) is 181 Å². The molecule has 0 fully saturated rings. The van der Waals surface area contributed by atoms with Crippen molar-refractivity contribution < 1.29 is 24.5 Å². The number of unbranched alkanes of at least 4 members (excludes halogenated alkanes) is 17. The van der Waals surface area contributed by atoms with E-state index >= 15 is 0 Å². The molecule has 0 aliphatic carbocycles. The molecule has 0 heterocycles. The van der Waals surface area contributed by atoms with Crippen molar-refractivity contribution in [2.24, 2.45) is 0 Å². The van der Waals surface area contributed by atoms with Crippen LogP contribution in [0.5, 0.6) is 0 Å². The van der Waals surface area contributed by atoms with Gasteiger partial charge in [-0.2, -0.15) is 0 Å². The minimum absolute atomic E-state index is 0.0531. The Morgan fingerprint density at radius 3 is 1.64 bits per heavy atom. The van der Waals surface area contributed by atoms with Gasteiger partial charge in [0, 0.05) is 6.42 Å². The standard InChI is InChI=1S/C50H83NO5/c1-4-7-10-13-16-19-21-22-23-24-25-26-28-31-34-37-40-43-50(55)56-46(41-38-35-32-30-27-20-17-14-11-8-5-2)44-49(54)51-47(45-52)48(53)42-39-36-33-29-18-15-12-9-6-3/h7,10,13,16,19,21-26,28,30,32,38,41,46-48,52-53H,4-6,8-9,11-12,14-15,17-18,20,27,29,31,33-37,39-40,42-45H2,1-3H3,(H,51,54)/b10-7-,16-13+,21-19+,23-22-,25-24+,28-26+,32-30-,41-38+. The minimum atomic E-state index is -0.822. The molecule has 6 heteroatoms. The molecule has 0 rings (SSSR count).